The SMILES string of the molecule is CC(C)(C)OC(=O)N1Cc2ccc(COc3nc(Br)ccc3F)cc2C1. The quantitative estimate of drug-likeness (QED) is 0.665. The molecule has 1 aromatic heterocycles. The van der Waals surface area contributed by atoms with Crippen molar-refractivity contribution in [3.8, 4) is 5.88 Å². The molecule has 0 unspecified atom stereocenters. The van der Waals surface area contributed by atoms with Crippen molar-refractivity contribution >= 4 is 22.0 Å². The van der Waals surface area contributed by atoms with Crippen molar-refractivity contribution in [3.05, 3.63) is 57.4 Å². The first kappa shape index (κ1) is 18.6. The molecule has 0 N–H and O–H groups in total. The molecule has 2 aromatic rings. The van der Waals surface area contributed by atoms with E-state index in [2.05, 4.69) is 20.9 Å². The summed E-state index contributed by atoms with van der Waals surface area (Å²) in [6, 6.07) is 8.66. The lowest BCUT2D eigenvalue weighted by Crippen LogP contribution is -2.33. The molecule has 0 saturated carbocycles. The lowest BCUT2D eigenvalue weighted by molar-refractivity contribution is 0.0242. The Balaban J connectivity index is 1.65. The zero-order valence-corrected chi connectivity index (χ0v) is 16.5. The van der Waals surface area contributed by atoms with Crippen LogP contribution < -0.4 is 4.74 Å². The van der Waals surface area contributed by atoms with E-state index in [-0.39, 0.29) is 18.6 Å². The minimum Gasteiger partial charge on any atom is -0.471 e. The van der Waals surface area contributed by atoms with Gasteiger partial charge in [0.25, 0.3) is 5.88 Å². The number of nitrogens with zero attached hydrogens (tertiary/aromatic N) is 2. The summed E-state index contributed by atoms with van der Waals surface area (Å²) in [7, 11) is 0. The van der Waals surface area contributed by atoms with Crippen LogP contribution >= 0.6 is 15.9 Å². The Morgan fingerprint density at radius 3 is 2.69 bits per heavy atom. The van der Waals surface area contributed by atoms with E-state index in [1.54, 1.807) is 4.90 Å². The summed E-state index contributed by atoms with van der Waals surface area (Å²) >= 11 is 3.20. The fourth-order valence-electron chi connectivity index (χ4n) is 2.65. The summed E-state index contributed by atoms with van der Waals surface area (Å²) < 4.78 is 25.1. The highest BCUT2D eigenvalue weighted by molar-refractivity contribution is 9.10. The van der Waals surface area contributed by atoms with E-state index in [0.29, 0.717) is 17.7 Å². The summed E-state index contributed by atoms with van der Waals surface area (Å²) in [5.74, 6) is -0.555. The highest BCUT2D eigenvalue weighted by atomic mass is 79.9. The van der Waals surface area contributed by atoms with E-state index >= 15 is 0 Å². The Hall–Kier alpha value is -2.15. The molecule has 1 aliphatic heterocycles. The van der Waals surface area contributed by atoms with Crippen LogP contribution in [0.5, 0.6) is 5.88 Å². The van der Waals surface area contributed by atoms with E-state index in [1.807, 2.05) is 39.0 Å². The number of carbonyl (C=O) groups is 1. The molecule has 0 atom stereocenters. The lowest BCUT2D eigenvalue weighted by Gasteiger charge is -2.24. The van der Waals surface area contributed by atoms with Crippen molar-refractivity contribution in [2.75, 3.05) is 0 Å². The van der Waals surface area contributed by atoms with Gasteiger partial charge in [0.2, 0.25) is 0 Å². The van der Waals surface area contributed by atoms with Gasteiger partial charge in [0.05, 0.1) is 0 Å². The van der Waals surface area contributed by atoms with Crippen LogP contribution in [0.15, 0.2) is 34.9 Å². The minimum atomic E-state index is -0.522. The van der Waals surface area contributed by atoms with Crippen molar-refractivity contribution in [3.63, 3.8) is 0 Å². The number of benzene rings is 1. The number of ether oxygens (including phenoxy) is 2. The number of hydrogen-bond donors (Lipinski definition) is 0. The predicted molar refractivity (Wildman–Crippen MR) is 98.2 cm³/mol. The second-order valence-corrected chi connectivity index (χ2v) is 7.96. The highest BCUT2D eigenvalue weighted by Crippen LogP contribution is 2.26. The topological polar surface area (TPSA) is 51.7 Å². The number of pyridine rings is 1. The van der Waals surface area contributed by atoms with Gasteiger partial charge >= 0.3 is 6.09 Å². The zero-order chi connectivity index (χ0) is 18.9. The molecule has 5 nitrogen and oxygen atoms in total. The third-order valence-corrected chi connectivity index (χ3v) is 4.24. The summed E-state index contributed by atoms with van der Waals surface area (Å²) in [6.07, 6.45) is -0.327. The second-order valence-electron chi connectivity index (χ2n) is 7.15. The standard InChI is InChI=1S/C19H20BrFN2O3/c1-19(2,3)26-18(24)23-9-13-5-4-12(8-14(13)10-23)11-25-17-15(21)6-7-16(20)22-17/h4-8H,9-11H2,1-3H3. The van der Waals surface area contributed by atoms with Gasteiger partial charge in [-0.15, -0.1) is 0 Å². The number of hydrogen-bond acceptors (Lipinski definition) is 4. The highest BCUT2D eigenvalue weighted by Gasteiger charge is 2.27. The molecule has 0 aliphatic carbocycles. The number of rotatable bonds is 3. The molecule has 0 spiro atoms. The molecule has 3 rings (SSSR count). The maximum absolute atomic E-state index is 13.7. The molecule has 0 saturated heterocycles. The normalized spacial score (nSPS) is 13.5. The van der Waals surface area contributed by atoms with E-state index in [0.717, 1.165) is 16.7 Å². The van der Waals surface area contributed by atoms with Gasteiger partial charge in [-0.1, -0.05) is 18.2 Å². The number of carbonyl (C=O) groups excluding carboxylic acids is 1. The van der Waals surface area contributed by atoms with Gasteiger partial charge < -0.3 is 9.47 Å². The lowest BCUT2D eigenvalue weighted by atomic mass is 10.1. The van der Waals surface area contributed by atoms with Crippen LogP contribution in [-0.2, 0) is 24.4 Å². The van der Waals surface area contributed by atoms with Gasteiger partial charge in [0.1, 0.15) is 16.8 Å². The molecule has 138 valence electrons. The molecule has 26 heavy (non-hydrogen) atoms. The first-order valence-corrected chi connectivity index (χ1v) is 9.04. The van der Waals surface area contributed by atoms with Crippen LogP contribution in [0.4, 0.5) is 9.18 Å². The van der Waals surface area contributed by atoms with Crippen LogP contribution in [0.2, 0.25) is 0 Å². The molecule has 1 aromatic carbocycles. The molecule has 0 fully saturated rings. The van der Waals surface area contributed by atoms with Crippen molar-refractivity contribution in [1.29, 1.82) is 0 Å². The maximum Gasteiger partial charge on any atom is 0.410 e. The fourth-order valence-corrected chi connectivity index (χ4v) is 2.94. The summed E-state index contributed by atoms with van der Waals surface area (Å²) in [4.78, 5) is 17.9. The van der Waals surface area contributed by atoms with Crippen molar-refractivity contribution < 1.29 is 18.7 Å². The van der Waals surface area contributed by atoms with Crippen molar-refractivity contribution in [2.24, 2.45) is 0 Å². The first-order valence-electron chi connectivity index (χ1n) is 8.25. The van der Waals surface area contributed by atoms with E-state index < -0.39 is 11.4 Å². The Morgan fingerprint density at radius 1 is 1.23 bits per heavy atom. The Bertz CT molecular complexity index is 836. The van der Waals surface area contributed by atoms with Crippen LogP contribution in [0, 0.1) is 5.82 Å². The van der Waals surface area contributed by atoms with Gasteiger partial charge in [-0.05, 0) is 65.5 Å². The van der Waals surface area contributed by atoms with Crippen LogP contribution in [-0.4, -0.2) is 21.6 Å². The number of fused-ring (bicyclic) bond motifs is 1. The van der Waals surface area contributed by atoms with E-state index in [1.165, 1.54) is 12.1 Å². The van der Waals surface area contributed by atoms with E-state index in [9.17, 15) is 9.18 Å². The minimum absolute atomic E-state index is 0.0461. The van der Waals surface area contributed by atoms with Gasteiger partial charge in [0, 0.05) is 13.1 Å². The third-order valence-electron chi connectivity index (χ3n) is 3.80. The first-order chi connectivity index (χ1) is 12.2. The van der Waals surface area contributed by atoms with E-state index in [4.69, 9.17) is 9.47 Å². The molecule has 0 bridgehead atoms. The predicted octanol–water partition coefficient (Wildman–Crippen LogP) is 4.81. The van der Waals surface area contributed by atoms with Gasteiger partial charge in [-0.2, -0.15) is 0 Å². The van der Waals surface area contributed by atoms with Crippen LogP contribution in [0.25, 0.3) is 0 Å². The summed E-state index contributed by atoms with van der Waals surface area (Å²) in [6.45, 7) is 6.74. The Morgan fingerprint density at radius 2 is 1.96 bits per heavy atom. The molecular weight excluding hydrogens is 403 g/mol. The third kappa shape index (κ3) is 4.52. The van der Waals surface area contributed by atoms with Crippen molar-refractivity contribution in [2.45, 2.75) is 46.1 Å². The number of halogens is 2. The fraction of sp³-hybridized carbons (Fsp3) is 0.368. The molecule has 1 amide bonds. The average molecular weight is 423 g/mol. The maximum atomic E-state index is 13.7. The van der Waals surface area contributed by atoms with Crippen LogP contribution in [0.1, 0.15) is 37.5 Å². The second kappa shape index (κ2) is 7.23. The molecule has 2 heterocycles. The monoisotopic (exact) mass is 422 g/mol. The Labute approximate surface area is 160 Å². The van der Waals surface area contributed by atoms with Gasteiger partial charge in [0.15, 0.2) is 5.82 Å². The average Bonchev–Trinajstić information content (AvgIpc) is 2.97. The number of aromatic nitrogens is 1. The largest absolute Gasteiger partial charge is 0.471 e. The number of amides is 1. The van der Waals surface area contributed by atoms with Crippen molar-refractivity contribution in [1.82, 2.24) is 9.88 Å². The molecule has 7 heteroatoms. The molecule has 0 radical (unpaired) electrons. The smallest absolute Gasteiger partial charge is 0.410 e. The summed E-state index contributed by atoms with van der Waals surface area (Å²) in [5.41, 5.74) is 2.48. The summed E-state index contributed by atoms with van der Waals surface area (Å²) in [5, 5.41) is 0. The Kier molecular flexibility index (Phi) is 5.18. The van der Waals surface area contributed by atoms with Gasteiger partial charge in [-0.25, -0.2) is 14.2 Å². The molecule has 1 aliphatic rings. The zero-order valence-electron chi connectivity index (χ0n) is 14.9. The molecular formula is C19H20BrFN2O3. The van der Waals surface area contributed by atoms with Gasteiger partial charge in [-0.3, -0.25) is 4.90 Å². The van der Waals surface area contributed by atoms with Crippen LogP contribution in [0.3, 0.4) is 0 Å².